The molecule has 0 heterocycles. The van der Waals surface area contributed by atoms with Gasteiger partial charge in [-0.3, -0.25) is 9.59 Å². The van der Waals surface area contributed by atoms with Crippen LogP contribution in [0, 0.1) is 5.82 Å². The van der Waals surface area contributed by atoms with Crippen LogP contribution in [0.4, 0.5) is 4.39 Å². The van der Waals surface area contributed by atoms with Crippen molar-refractivity contribution in [3.8, 4) is 5.75 Å². The molecule has 2 aromatic rings. The van der Waals surface area contributed by atoms with E-state index in [1.807, 2.05) is 58.0 Å². The second-order valence-electron chi connectivity index (χ2n) is 7.91. The number of rotatable bonds is 8. The van der Waals surface area contributed by atoms with Gasteiger partial charge in [-0.15, -0.1) is 0 Å². The number of nitrogens with zero attached hydrogens (tertiary/aromatic N) is 1. The van der Waals surface area contributed by atoms with Gasteiger partial charge in [0.15, 0.2) is 6.61 Å². The number of hydrogen-bond acceptors (Lipinski definition) is 3. The minimum atomic E-state index is -0.626. The van der Waals surface area contributed by atoms with Crippen LogP contribution < -0.4 is 10.1 Å². The van der Waals surface area contributed by atoms with Crippen molar-refractivity contribution in [1.29, 1.82) is 0 Å². The van der Waals surface area contributed by atoms with E-state index in [9.17, 15) is 14.0 Å². The van der Waals surface area contributed by atoms with Gasteiger partial charge in [-0.25, -0.2) is 4.39 Å². The van der Waals surface area contributed by atoms with Crippen molar-refractivity contribution >= 4 is 11.8 Å². The number of nitrogens with one attached hydrogen (secondary N) is 1. The van der Waals surface area contributed by atoms with E-state index in [2.05, 4.69) is 5.32 Å². The number of halogens is 1. The SMILES string of the molecule is CC[C@@H](C(=O)NC(C)(C)C)N(Cc1ccccc1)C(=O)COc1ccc(F)cc1. The van der Waals surface area contributed by atoms with Crippen molar-refractivity contribution < 1.29 is 18.7 Å². The van der Waals surface area contributed by atoms with Gasteiger partial charge in [0.25, 0.3) is 5.91 Å². The molecule has 0 bridgehead atoms. The smallest absolute Gasteiger partial charge is 0.261 e. The maximum Gasteiger partial charge on any atom is 0.261 e. The van der Waals surface area contributed by atoms with Crippen LogP contribution in [0.5, 0.6) is 5.75 Å². The molecule has 0 aliphatic heterocycles. The second kappa shape index (κ2) is 10.0. The highest BCUT2D eigenvalue weighted by molar-refractivity contribution is 5.88. The van der Waals surface area contributed by atoms with Crippen LogP contribution in [-0.2, 0) is 16.1 Å². The molecule has 2 aromatic carbocycles. The fourth-order valence-corrected chi connectivity index (χ4v) is 2.91. The first-order valence-electron chi connectivity index (χ1n) is 9.73. The third-order valence-corrected chi connectivity index (χ3v) is 4.26. The van der Waals surface area contributed by atoms with Gasteiger partial charge in [0.2, 0.25) is 5.91 Å². The minimum absolute atomic E-state index is 0.203. The van der Waals surface area contributed by atoms with Crippen molar-refractivity contribution in [3.63, 3.8) is 0 Å². The van der Waals surface area contributed by atoms with Gasteiger partial charge in [0, 0.05) is 12.1 Å². The number of amides is 2. The van der Waals surface area contributed by atoms with Crippen molar-refractivity contribution in [1.82, 2.24) is 10.2 Å². The highest BCUT2D eigenvalue weighted by Gasteiger charge is 2.30. The molecule has 0 fully saturated rings. The summed E-state index contributed by atoms with van der Waals surface area (Å²) in [5, 5.41) is 2.96. The van der Waals surface area contributed by atoms with Crippen LogP contribution in [-0.4, -0.2) is 34.9 Å². The second-order valence-corrected chi connectivity index (χ2v) is 7.91. The van der Waals surface area contributed by atoms with E-state index in [4.69, 9.17) is 4.74 Å². The molecule has 0 unspecified atom stereocenters. The standard InChI is InChI=1S/C23H29FN2O3/c1-5-20(22(28)25-23(2,3)4)26(15-17-9-7-6-8-10-17)21(27)16-29-19-13-11-18(24)12-14-19/h6-14,20H,5,15-16H2,1-4H3,(H,25,28)/t20-/m0/s1. The lowest BCUT2D eigenvalue weighted by atomic mass is 10.1. The first-order valence-corrected chi connectivity index (χ1v) is 9.73. The molecule has 0 saturated carbocycles. The number of ether oxygens (including phenoxy) is 1. The summed E-state index contributed by atoms with van der Waals surface area (Å²) >= 11 is 0. The van der Waals surface area contributed by atoms with Gasteiger partial charge < -0.3 is 15.0 Å². The maximum absolute atomic E-state index is 13.1. The van der Waals surface area contributed by atoms with Crippen molar-refractivity contribution in [2.24, 2.45) is 0 Å². The fraction of sp³-hybridized carbons (Fsp3) is 0.391. The molecular formula is C23H29FN2O3. The number of carbonyl (C=O) groups is 2. The normalized spacial score (nSPS) is 12.2. The minimum Gasteiger partial charge on any atom is -0.484 e. The topological polar surface area (TPSA) is 58.6 Å². The first-order chi connectivity index (χ1) is 13.7. The fourth-order valence-electron chi connectivity index (χ4n) is 2.91. The average molecular weight is 400 g/mol. The third kappa shape index (κ3) is 7.22. The summed E-state index contributed by atoms with van der Waals surface area (Å²) in [4.78, 5) is 27.4. The number of benzene rings is 2. The van der Waals surface area contributed by atoms with Gasteiger partial charge in [-0.05, 0) is 57.0 Å². The summed E-state index contributed by atoms with van der Waals surface area (Å²) < 4.78 is 18.6. The van der Waals surface area contributed by atoms with Crippen molar-refractivity contribution in [2.75, 3.05) is 6.61 Å². The Balaban J connectivity index is 2.19. The molecule has 0 radical (unpaired) electrons. The monoisotopic (exact) mass is 400 g/mol. The molecule has 0 aliphatic rings. The van der Waals surface area contributed by atoms with E-state index in [-0.39, 0.29) is 24.2 Å². The van der Waals surface area contributed by atoms with Crippen molar-refractivity contribution in [2.45, 2.75) is 52.2 Å². The van der Waals surface area contributed by atoms with Crippen LogP contribution in [0.1, 0.15) is 39.7 Å². The average Bonchev–Trinajstić information content (AvgIpc) is 2.66. The van der Waals surface area contributed by atoms with E-state index < -0.39 is 11.6 Å². The first kappa shape index (κ1) is 22.4. The van der Waals surface area contributed by atoms with E-state index in [0.29, 0.717) is 18.7 Å². The molecule has 5 nitrogen and oxygen atoms in total. The summed E-state index contributed by atoms with van der Waals surface area (Å²) in [6.45, 7) is 7.63. The quantitative estimate of drug-likeness (QED) is 0.731. The summed E-state index contributed by atoms with van der Waals surface area (Å²) in [5.41, 5.74) is 0.515. The molecule has 1 atom stereocenters. The summed E-state index contributed by atoms with van der Waals surface area (Å²) in [7, 11) is 0. The number of carbonyl (C=O) groups excluding carboxylic acids is 2. The lowest BCUT2D eigenvalue weighted by Crippen LogP contribution is -2.54. The Morgan fingerprint density at radius 1 is 1.07 bits per heavy atom. The zero-order valence-electron chi connectivity index (χ0n) is 17.4. The third-order valence-electron chi connectivity index (χ3n) is 4.26. The van der Waals surface area contributed by atoms with E-state index >= 15 is 0 Å². The van der Waals surface area contributed by atoms with Gasteiger partial charge in [-0.1, -0.05) is 37.3 Å². The van der Waals surface area contributed by atoms with Gasteiger partial charge in [0.1, 0.15) is 17.6 Å². The molecule has 29 heavy (non-hydrogen) atoms. The van der Waals surface area contributed by atoms with Crippen LogP contribution in [0.3, 0.4) is 0 Å². The largest absolute Gasteiger partial charge is 0.484 e. The Labute approximate surface area is 171 Å². The maximum atomic E-state index is 13.1. The van der Waals surface area contributed by atoms with Crippen LogP contribution in [0.2, 0.25) is 0 Å². The molecular weight excluding hydrogens is 371 g/mol. The predicted molar refractivity (Wildman–Crippen MR) is 111 cm³/mol. The van der Waals surface area contributed by atoms with Gasteiger partial charge >= 0.3 is 0 Å². The molecule has 2 amide bonds. The molecule has 0 aromatic heterocycles. The zero-order chi connectivity index (χ0) is 21.4. The Bertz CT molecular complexity index is 801. The molecule has 0 saturated heterocycles. The lowest BCUT2D eigenvalue weighted by Gasteiger charge is -2.33. The van der Waals surface area contributed by atoms with E-state index in [0.717, 1.165) is 5.56 Å². The highest BCUT2D eigenvalue weighted by Crippen LogP contribution is 2.16. The van der Waals surface area contributed by atoms with Crippen LogP contribution in [0.15, 0.2) is 54.6 Å². The Morgan fingerprint density at radius 3 is 2.24 bits per heavy atom. The van der Waals surface area contributed by atoms with Crippen LogP contribution in [0.25, 0.3) is 0 Å². The zero-order valence-corrected chi connectivity index (χ0v) is 17.4. The van der Waals surface area contributed by atoms with Gasteiger partial charge in [0.05, 0.1) is 0 Å². The predicted octanol–water partition coefficient (Wildman–Crippen LogP) is 3.93. The molecule has 0 spiro atoms. The summed E-state index contributed by atoms with van der Waals surface area (Å²) in [5.74, 6) is -0.494. The van der Waals surface area contributed by atoms with E-state index in [1.54, 1.807) is 4.90 Å². The Hall–Kier alpha value is -2.89. The molecule has 0 aliphatic carbocycles. The summed E-state index contributed by atoms with van der Waals surface area (Å²) in [6, 6.07) is 14.4. The number of hydrogen-bond donors (Lipinski definition) is 1. The molecule has 6 heteroatoms. The Kier molecular flexibility index (Phi) is 7.76. The molecule has 156 valence electrons. The Morgan fingerprint density at radius 2 is 1.69 bits per heavy atom. The lowest BCUT2D eigenvalue weighted by molar-refractivity contribution is -0.143. The van der Waals surface area contributed by atoms with Crippen LogP contribution >= 0.6 is 0 Å². The van der Waals surface area contributed by atoms with Gasteiger partial charge in [-0.2, -0.15) is 0 Å². The molecule has 1 N–H and O–H groups in total. The summed E-state index contributed by atoms with van der Waals surface area (Å²) in [6.07, 6.45) is 0.469. The molecule has 2 rings (SSSR count). The van der Waals surface area contributed by atoms with Crippen molar-refractivity contribution in [3.05, 3.63) is 66.0 Å². The highest BCUT2D eigenvalue weighted by atomic mass is 19.1. The van der Waals surface area contributed by atoms with E-state index in [1.165, 1.54) is 24.3 Å².